The molecule has 0 amide bonds. The molecular weight excluding hydrogens is 532 g/mol. The fourth-order valence-electron chi connectivity index (χ4n) is 6.38. The SMILES string of the molecule is CC1=Cc2c(-c3ccccc3)cccc2[CH]1[Zr]([CH](O)CO)[CH]1C(C)=Cc2c(-c3ccccc3)cccc21. The van der Waals surface area contributed by atoms with Gasteiger partial charge in [0.05, 0.1) is 0 Å². The van der Waals surface area contributed by atoms with Gasteiger partial charge in [0.1, 0.15) is 0 Å². The maximum atomic E-state index is 11.5. The second-order valence-corrected chi connectivity index (χ2v) is 17.1. The predicted molar refractivity (Wildman–Crippen MR) is 150 cm³/mol. The minimum atomic E-state index is -2.87. The van der Waals surface area contributed by atoms with E-state index in [0.717, 1.165) is 0 Å². The van der Waals surface area contributed by atoms with Crippen LogP contribution >= 0.6 is 0 Å². The van der Waals surface area contributed by atoms with E-state index in [9.17, 15) is 10.2 Å². The van der Waals surface area contributed by atoms with Crippen LogP contribution in [0.5, 0.6) is 0 Å². The van der Waals surface area contributed by atoms with E-state index in [1.54, 1.807) is 0 Å². The van der Waals surface area contributed by atoms with Gasteiger partial charge >= 0.3 is 228 Å². The number of benzene rings is 4. The first-order valence-corrected chi connectivity index (χ1v) is 17.2. The maximum absolute atomic E-state index is 11.5. The summed E-state index contributed by atoms with van der Waals surface area (Å²) in [4.78, 5) is 0. The quantitative estimate of drug-likeness (QED) is 0.255. The molecule has 6 rings (SSSR count). The van der Waals surface area contributed by atoms with Crippen LogP contribution in [0.3, 0.4) is 0 Å². The van der Waals surface area contributed by atoms with Crippen molar-refractivity contribution < 1.29 is 32.0 Å². The molecule has 4 aromatic rings. The van der Waals surface area contributed by atoms with Gasteiger partial charge in [-0.25, -0.2) is 0 Å². The third-order valence-corrected chi connectivity index (χ3v) is 17.3. The summed E-state index contributed by atoms with van der Waals surface area (Å²) in [5.74, 6) is 0. The van der Waals surface area contributed by atoms with Gasteiger partial charge in [-0.3, -0.25) is 0 Å². The van der Waals surface area contributed by atoms with Crippen molar-refractivity contribution >= 4 is 12.2 Å². The Kier molecular flexibility index (Phi) is 6.71. The summed E-state index contributed by atoms with van der Waals surface area (Å²) in [6.45, 7) is 4.27. The molecule has 4 aromatic carbocycles. The molecule has 3 unspecified atom stereocenters. The molecule has 2 N–H and O–H groups in total. The van der Waals surface area contributed by atoms with E-state index in [1.807, 2.05) is 0 Å². The van der Waals surface area contributed by atoms with Crippen molar-refractivity contribution in [1.82, 2.24) is 0 Å². The third kappa shape index (κ3) is 4.24. The van der Waals surface area contributed by atoms with Gasteiger partial charge in [-0.15, -0.1) is 0 Å². The zero-order chi connectivity index (χ0) is 25.5. The van der Waals surface area contributed by atoms with Gasteiger partial charge in [-0.1, -0.05) is 0 Å². The molecular formula is C34H31O2Zr. The second-order valence-electron chi connectivity index (χ2n) is 10.2. The number of aliphatic hydroxyl groups is 2. The van der Waals surface area contributed by atoms with Gasteiger partial charge in [0, 0.05) is 0 Å². The summed E-state index contributed by atoms with van der Waals surface area (Å²) in [5, 5.41) is 21.8. The van der Waals surface area contributed by atoms with Gasteiger partial charge in [0.15, 0.2) is 0 Å². The van der Waals surface area contributed by atoms with Gasteiger partial charge in [0.25, 0.3) is 0 Å². The molecule has 2 aliphatic rings. The van der Waals surface area contributed by atoms with Gasteiger partial charge in [0.2, 0.25) is 0 Å². The Balaban J connectivity index is 1.48. The first kappa shape index (κ1) is 24.5. The number of hydrogen-bond donors (Lipinski definition) is 2. The molecule has 0 radical (unpaired) electrons. The first-order valence-electron chi connectivity index (χ1n) is 13.0. The Morgan fingerprint density at radius 1 is 0.622 bits per heavy atom. The minimum absolute atomic E-state index is 0.177. The van der Waals surface area contributed by atoms with E-state index in [0.29, 0.717) is 0 Å². The third-order valence-electron chi connectivity index (χ3n) is 7.95. The molecule has 0 saturated heterocycles. The number of fused-ring (bicyclic) bond motifs is 2. The molecule has 2 aliphatic carbocycles. The van der Waals surface area contributed by atoms with Crippen molar-refractivity contribution in [3.8, 4) is 22.3 Å². The monoisotopic (exact) mass is 561 g/mol. The summed E-state index contributed by atoms with van der Waals surface area (Å²) in [7, 11) is 0. The van der Waals surface area contributed by atoms with Gasteiger partial charge in [-0.05, 0) is 0 Å². The van der Waals surface area contributed by atoms with Crippen LogP contribution in [0.15, 0.2) is 108 Å². The van der Waals surface area contributed by atoms with Crippen LogP contribution in [0, 0.1) is 0 Å². The Hall–Kier alpha value is -2.84. The first-order chi connectivity index (χ1) is 18.1. The average molecular weight is 563 g/mol. The van der Waals surface area contributed by atoms with Gasteiger partial charge in [-0.2, -0.15) is 0 Å². The number of rotatable bonds is 6. The van der Waals surface area contributed by atoms with Crippen molar-refractivity contribution in [2.24, 2.45) is 0 Å². The van der Waals surface area contributed by atoms with Crippen molar-refractivity contribution in [3.05, 3.63) is 130 Å². The van der Waals surface area contributed by atoms with Crippen LogP contribution < -0.4 is 0 Å². The topological polar surface area (TPSA) is 40.5 Å². The van der Waals surface area contributed by atoms with Crippen LogP contribution in [0.2, 0.25) is 0 Å². The summed E-state index contributed by atoms with van der Waals surface area (Å²) in [5.41, 5.74) is 12.7. The Bertz CT molecular complexity index is 1390. The molecule has 3 heteroatoms. The fraction of sp³-hybridized carbons (Fsp3) is 0.176. The summed E-state index contributed by atoms with van der Waals surface area (Å²) < 4.78 is -0.229. The average Bonchev–Trinajstić information content (AvgIpc) is 3.45. The second kappa shape index (κ2) is 10.1. The van der Waals surface area contributed by atoms with E-state index in [-0.39, 0.29) is 13.9 Å². The van der Waals surface area contributed by atoms with Crippen LogP contribution in [-0.4, -0.2) is 20.6 Å². The molecule has 3 atom stereocenters. The molecule has 37 heavy (non-hydrogen) atoms. The molecule has 0 spiro atoms. The van der Waals surface area contributed by atoms with E-state index in [1.165, 1.54) is 55.7 Å². The Morgan fingerprint density at radius 2 is 1.05 bits per heavy atom. The standard InChI is InChI=1S/2C16H13.C2H5O2.Zr/c2*1-12-10-14-8-5-9-15(16(14)11-12)13-6-3-2-4-7-13;3-1-2-4;/h2*2-11H,1H3;1,3-4H,2H2;. The number of hydrogen-bond acceptors (Lipinski definition) is 2. The van der Waals surface area contributed by atoms with Crippen LogP contribution in [-0.2, 0) is 21.8 Å². The van der Waals surface area contributed by atoms with E-state index >= 15 is 0 Å². The molecule has 2 nitrogen and oxygen atoms in total. The molecule has 0 bridgehead atoms. The van der Waals surface area contributed by atoms with E-state index < -0.39 is 25.6 Å². The number of aliphatic hydroxyl groups excluding tert-OH is 2. The fourth-order valence-corrected chi connectivity index (χ4v) is 15.6. The molecule has 183 valence electrons. The van der Waals surface area contributed by atoms with Crippen LogP contribution in [0.25, 0.3) is 34.4 Å². The van der Waals surface area contributed by atoms with Crippen LogP contribution in [0.4, 0.5) is 0 Å². The van der Waals surface area contributed by atoms with Crippen molar-refractivity contribution in [2.75, 3.05) is 6.61 Å². The molecule has 0 aromatic heterocycles. The van der Waals surface area contributed by atoms with Crippen molar-refractivity contribution in [2.45, 2.75) is 24.9 Å². The summed E-state index contributed by atoms with van der Waals surface area (Å²) in [6.07, 6.45) is 4.67. The Labute approximate surface area is 227 Å². The summed E-state index contributed by atoms with van der Waals surface area (Å²) >= 11 is -2.87. The molecule has 0 aliphatic heterocycles. The van der Waals surface area contributed by atoms with Crippen molar-refractivity contribution in [1.29, 1.82) is 0 Å². The number of allylic oxidation sites excluding steroid dienone is 2. The molecule has 0 fully saturated rings. The van der Waals surface area contributed by atoms with E-state index in [2.05, 4.69) is 123 Å². The van der Waals surface area contributed by atoms with E-state index in [4.69, 9.17) is 0 Å². The zero-order valence-corrected chi connectivity index (χ0v) is 23.7. The van der Waals surface area contributed by atoms with Crippen LogP contribution in [0.1, 0.15) is 43.4 Å². The Morgan fingerprint density at radius 3 is 1.46 bits per heavy atom. The predicted octanol–water partition coefficient (Wildman–Crippen LogP) is 7.57. The van der Waals surface area contributed by atoms with Gasteiger partial charge < -0.3 is 0 Å². The molecule has 0 heterocycles. The summed E-state index contributed by atoms with van der Waals surface area (Å²) in [6, 6.07) is 34.3. The normalized spacial score (nSPS) is 18.6. The zero-order valence-electron chi connectivity index (χ0n) is 21.2. The molecule has 0 saturated carbocycles. The van der Waals surface area contributed by atoms with Crippen molar-refractivity contribution in [3.63, 3.8) is 0 Å².